The van der Waals surface area contributed by atoms with Crippen molar-refractivity contribution < 1.29 is 8.83 Å². The summed E-state index contributed by atoms with van der Waals surface area (Å²) in [6.07, 6.45) is 11.3. The van der Waals surface area contributed by atoms with Gasteiger partial charge < -0.3 is 13.7 Å². The first-order chi connectivity index (χ1) is 22.2. The van der Waals surface area contributed by atoms with Crippen LogP contribution in [0, 0.1) is 0 Å². The lowest BCUT2D eigenvalue weighted by Gasteiger charge is -2.31. The topological polar surface area (TPSA) is 29.5 Å². The summed E-state index contributed by atoms with van der Waals surface area (Å²) < 4.78 is 13.1. The molecule has 1 spiro atoms. The van der Waals surface area contributed by atoms with E-state index in [1.165, 1.54) is 35.1 Å². The van der Waals surface area contributed by atoms with Crippen LogP contribution < -0.4 is 4.90 Å². The van der Waals surface area contributed by atoms with Crippen molar-refractivity contribution in [1.29, 1.82) is 0 Å². The number of fused-ring (bicyclic) bond motifs is 8. The van der Waals surface area contributed by atoms with Crippen LogP contribution in [0.3, 0.4) is 0 Å². The lowest BCUT2D eigenvalue weighted by molar-refractivity contribution is 0.545. The van der Waals surface area contributed by atoms with Gasteiger partial charge in [-0.3, -0.25) is 0 Å². The van der Waals surface area contributed by atoms with E-state index >= 15 is 0 Å². The van der Waals surface area contributed by atoms with Crippen molar-refractivity contribution in [2.75, 3.05) is 4.90 Å². The molecule has 9 rings (SSSR count). The van der Waals surface area contributed by atoms with E-state index in [2.05, 4.69) is 128 Å². The second-order valence-corrected chi connectivity index (χ2v) is 12.4. The van der Waals surface area contributed by atoms with Crippen molar-refractivity contribution in [1.82, 2.24) is 0 Å². The molecule has 0 aliphatic heterocycles. The van der Waals surface area contributed by atoms with Crippen LogP contribution in [0.25, 0.3) is 49.5 Å². The van der Waals surface area contributed by atoms with E-state index in [0.717, 1.165) is 73.8 Å². The molecular weight excluding hydrogens is 550 g/mol. The molecule has 2 aromatic heterocycles. The Morgan fingerprint density at radius 1 is 0.667 bits per heavy atom. The van der Waals surface area contributed by atoms with Crippen LogP contribution >= 0.6 is 0 Å². The molecule has 0 bridgehead atoms. The Balaban J connectivity index is 1.43. The van der Waals surface area contributed by atoms with Crippen molar-refractivity contribution in [3.8, 4) is 0 Å². The maximum absolute atomic E-state index is 6.71. The van der Waals surface area contributed by atoms with Crippen LogP contribution in [0.1, 0.15) is 43.7 Å². The molecule has 1 fully saturated rings. The van der Waals surface area contributed by atoms with Crippen molar-refractivity contribution in [2.24, 2.45) is 0 Å². The molecule has 7 aromatic rings. The van der Waals surface area contributed by atoms with Crippen molar-refractivity contribution in [3.63, 3.8) is 0 Å². The van der Waals surface area contributed by atoms with Gasteiger partial charge in [0.25, 0.3) is 0 Å². The minimum atomic E-state index is -0.00662. The molecule has 218 valence electrons. The van der Waals surface area contributed by atoms with Gasteiger partial charge in [-0.05, 0) is 72.9 Å². The standard InChI is InChI=1S/C42H33NO2/c1-3-14-29-31(4-2)42(25-9-10-26-42)32-18-12-19-33(39(29)32)43(34-20-13-24-38-40(34)30-16-6-8-23-37(30)44-38)35-21-11-17-28-27-15-5-7-22-36(27)45-41(28)35/h3-8,11-24H,2,9-10,25-26H2,1H3/b14-3-. The predicted octanol–water partition coefficient (Wildman–Crippen LogP) is 12.3. The highest BCUT2D eigenvalue weighted by Crippen LogP contribution is 2.59. The highest BCUT2D eigenvalue weighted by atomic mass is 16.3. The number of anilines is 3. The Bertz CT molecular complexity index is 2370. The van der Waals surface area contributed by atoms with Gasteiger partial charge in [0.1, 0.15) is 16.7 Å². The van der Waals surface area contributed by atoms with Gasteiger partial charge in [-0.1, -0.05) is 104 Å². The third-order valence-corrected chi connectivity index (χ3v) is 10.1. The Morgan fingerprint density at radius 2 is 1.31 bits per heavy atom. The van der Waals surface area contributed by atoms with Gasteiger partial charge in [0, 0.05) is 27.1 Å². The largest absolute Gasteiger partial charge is 0.456 e. The number of hydrogen-bond acceptors (Lipinski definition) is 3. The fraction of sp³-hybridized carbons (Fsp3) is 0.143. The van der Waals surface area contributed by atoms with E-state index in [4.69, 9.17) is 8.83 Å². The summed E-state index contributed by atoms with van der Waals surface area (Å²) in [6.45, 7) is 6.48. The molecule has 2 aliphatic rings. The number of hydrogen-bond donors (Lipinski definition) is 0. The zero-order valence-electron chi connectivity index (χ0n) is 25.3. The van der Waals surface area contributed by atoms with E-state index in [0.29, 0.717) is 0 Å². The minimum absolute atomic E-state index is 0.00662. The van der Waals surface area contributed by atoms with Crippen LogP contribution in [-0.4, -0.2) is 0 Å². The van der Waals surface area contributed by atoms with Gasteiger partial charge in [0.05, 0.1) is 22.4 Å². The van der Waals surface area contributed by atoms with Crippen LogP contribution in [0.5, 0.6) is 0 Å². The molecule has 5 aromatic carbocycles. The third-order valence-electron chi connectivity index (χ3n) is 10.1. The lowest BCUT2D eigenvalue weighted by Crippen LogP contribution is -2.22. The van der Waals surface area contributed by atoms with Gasteiger partial charge >= 0.3 is 0 Å². The Morgan fingerprint density at radius 3 is 2.11 bits per heavy atom. The molecule has 45 heavy (non-hydrogen) atoms. The van der Waals surface area contributed by atoms with Gasteiger partial charge in [-0.25, -0.2) is 0 Å². The summed E-state index contributed by atoms with van der Waals surface area (Å²) >= 11 is 0. The van der Waals surface area contributed by atoms with E-state index in [1.807, 2.05) is 12.1 Å². The quantitative estimate of drug-likeness (QED) is 0.202. The second kappa shape index (κ2) is 9.87. The minimum Gasteiger partial charge on any atom is -0.456 e. The number of allylic oxidation sites excluding steroid dienone is 5. The van der Waals surface area contributed by atoms with Crippen LogP contribution in [0.15, 0.2) is 142 Å². The van der Waals surface area contributed by atoms with Crippen LogP contribution in [0.2, 0.25) is 0 Å². The van der Waals surface area contributed by atoms with Crippen LogP contribution in [-0.2, 0) is 5.41 Å². The van der Waals surface area contributed by atoms with Gasteiger partial charge in [-0.15, -0.1) is 0 Å². The molecule has 0 amide bonds. The molecule has 3 heteroatoms. The first-order valence-corrected chi connectivity index (χ1v) is 16.0. The number of benzene rings is 5. The summed E-state index contributed by atoms with van der Waals surface area (Å²) in [7, 11) is 0. The fourth-order valence-corrected chi connectivity index (χ4v) is 8.35. The zero-order chi connectivity index (χ0) is 30.1. The monoisotopic (exact) mass is 583 g/mol. The second-order valence-electron chi connectivity index (χ2n) is 12.4. The zero-order valence-corrected chi connectivity index (χ0v) is 25.3. The Kier molecular flexibility index (Phi) is 5.73. The number of para-hydroxylation sites is 3. The summed E-state index contributed by atoms with van der Waals surface area (Å²) in [6, 6.07) is 36.4. The smallest absolute Gasteiger partial charge is 0.159 e. The average molecular weight is 584 g/mol. The van der Waals surface area contributed by atoms with E-state index in [1.54, 1.807) is 0 Å². The summed E-state index contributed by atoms with van der Waals surface area (Å²) in [5, 5.41) is 4.41. The molecule has 0 unspecified atom stereocenters. The molecule has 3 nitrogen and oxygen atoms in total. The summed E-state index contributed by atoms with van der Waals surface area (Å²) in [5.74, 6) is 0. The molecule has 2 aliphatic carbocycles. The van der Waals surface area contributed by atoms with Crippen molar-refractivity contribution in [2.45, 2.75) is 38.0 Å². The predicted molar refractivity (Wildman–Crippen MR) is 188 cm³/mol. The van der Waals surface area contributed by atoms with E-state index in [9.17, 15) is 0 Å². The van der Waals surface area contributed by atoms with Gasteiger partial charge in [0.15, 0.2) is 5.58 Å². The Labute approximate surface area is 262 Å². The van der Waals surface area contributed by atoms with Crippen LogP contribution in [0.4, 0.5) is 17.1 Å². The molecule has 0 N–H and O–H groups in total. The first kappa shape index (κ1) is 26.2. The molecule has 1 saturated carbocycles. The average Bonchev–Trinajstić information content (AvgIpc) is 3.85. The molecular formula is C42H33NO2. The maximum Gasteiger partial charge on any atom is 0.159 e. The van der Waals surface area contributed by atoms with E-state index < -0.39 is 0 Å². The SMILES string of the molecule is C=CC1=C(/C=C\C)c2c(N(c3cccc4c3oc3ccccc34)c3cccc4oc5ccccc5c34)cccc2C12CCCC2. The third kappa shape index (κ3) is 3.58. The Hall–Kier alpha value is -5.28. The number of furan rings is 2. The van der Waals surface area contributed by atoms with Crippen molar-refractivity contribution >= 4 is 66.5 Å². The van der Waals surface area contributed by atoms with Gasteiger partial charge in [-0.2, -0.15) is 0 Å². The summed E-state index contributed by atoms with van der Waals surface area (Å²) in [5.41, 5.74) is 12.0. The molecule has 0 saturated heterocycles. The van der Waals surface area contributed by atoms with Gasteiger partial charge in [0.2, 0.25) is 0 Å². The highest BCUT2D eigenvalue weighted by molar-refractivity contribution is 6.16. The molecule has 0 radical (unpaired) electrons. The first-order valence-electron chi connectivity index (χ1n) is 16.0. The molecule has 0 atom stereocenters. The summed E-state index contributed by atoms with van der Waals surface area (Å²) in [4.78, 5) is 2.42. The maximum atomic E-state index is 6.71. The number of rotatable bonds is 5. The van der Waals surface area contributed by atoms with E-state index in [-0.39, 0.29) is 5.41 Å². The number of nitrogens with zero attached hydrogens (tertiary/aromatic N) is 1. The lowest BCUT2D eigenvalue weighted by atomic mass is 9.75. The highest BCUT2D eigenvalue weighted by Gasteiger charge is 2.46. The molecule has 2 heterocycles. The normalized spacial score (nSPS) is 15.8. The fourth-order valence-electron chi connectivity index (χ4n) is 8.35. The van der Waals surface area contributed by atoms with Crippen molar-refractivity contribution in [3.05, 3.63) is 145 Å².